The average molecular weight is 350 g/mol. The Morgan fingerprint density at radius 3 is 2.17 bits per heavy atom. The zero-order valence-corrected chi connectivity index (χ0v) is 15.8. The molecule has 0 saturated carbocycles. The van der Waals surface area contributed by atoms with Crippen molar-refractivity contribution in [3.8, 4) is 11.5 Å². The molecule has 2 rings (SSSR count). The standard InChI is InChI=1S/C20H27NO2.ClH/c1-21(2)18(12-8-11-16-9-6-5-7-10-16)17-13-14-19(22-3)20(15-17)23-4;/h5-7,9-10,13-15,18H,8,11-12H2,1-4H3;1H. The summed E-state index contributed by atoms with van der Waals surface area (Å²) < 4.78 is 10.8. The van der Waals surface area contributed by atoms with Gasteiger partial charge in [-0.1, -0.05) is 36.4 Å². The van der Waals surface area contributed by atoms with E-state index in [1.54, 1.807) is 14.2 Å². The summed E-state index contributed by atoms with van der Waals surface area (Å²) in [5, 5.41) is 0. The van der Waals surface area contributed by atoms with Gasteiger partial charge in [-0.15, -0.1) is 12.4 Å². The Morgan fingerprint density at radius 2 is 1.58 bits per heavy atom. The lowest BCUT2D eigenvalue weighted by Crippen LogP contribution is -2.20. The van der Waals surface area contributed by atoms with Crippen LogP contribution in [0.1, 0.15) is 30.0 Å². The van der Waals surface area contributed by atoms with Crippen molar-refractivity contribution in [1.82, 2.24) is 4.90 Å². The molecule has 0 fully saturated rings. The largest absolute Gasteiger partial charge is 0.493 e. The second-order valence-corrected chi connectivity index (χ2v) is 5.97. The van der Waals surface area contributed by atoms with E-state index in [2.05, 4.69) is 61.5 Å². The highest BCUT2D eigenvalue weighted by Crippen LogP contribution is 2.33. The van der Waals surface area contributed by atoms with Crippen molar-refractivity contribution in [2.45, 2.75) is 25.3 Å². The number of halogens is 1. The van der Waals surface area contributed by atoms with Crippen molar-refractivity contribution in [2.24, 2.45) is 0 Å². The molecule has 0 amide bonds. The topological polar surface area (TPSA) is 21.7 Å². The van der Waals surface area contributed by atoms with E-state index in [1.807, 2.05) is 6.07 Å². The average Bonchev–Trinajstić information content (AvgIpc) is 2.58. The quantitative estimate of drug-likeness (QED) is 0.686. The number of nitrogens with zero attached hydrogens (tertiary/aromatic N) is 1. The molecule has 1 atom stereocenters. The highest BCUT2D eigenvalue weighted by molar-refractivity contribution is 5.85. The predicted octanol–water partition coefficient (Wildman–Crippen LogP) is 4.75. The number of hydrogen-bond donors (Lipinski definition) is 0. The lowest BCUT2D eigenvalue weighted by molar-refractivity contribution is 0.277. The third-order valence-electron chi connectivity index (χ3n) is 4.20. The fourth-order valence-corrected chi connectivity index (χ4v) is 2.93. The van der Waals surface area contributed by atoms with Crippen LogP contribution in [0, 0.1) is 0 Å². The van der Waals surface area contributed by atoms with Gasteiger partial charge in [0.25, 0.3) is 0 Å². The fraction of sp³-hybridized carbons (Fsp3) is 0.400. The predicted molar refractivity (Wildman–Crippen MR) is 103 cm³/mol. The lowest BCUT2D eigenvalue weighted by atomic mass is 9.98. The van der Waals surface area contributed by atoms with Crippen molar-refractivity contribution in [1.29, 1.82) is 0 Å². The van der Waals surface area contributed by atoms with Crippen LogP contribution in [0.4, 0.5) is 0 Å². The Hall–Kier alpha value is -1.71. The minimum atomic E-state index is 0. The van der Waals surface area contributed by atoms with Crippen molar-refractivity contribution < 1.29 is 9.47 Å². The number of rotatable bonds is 8. The third kappa shape index (κ3) is 5.43. The van der Waals surface area contributed by atoms with Gasteiger partial charge < -0.3 is 14.4 Å². The molecule has 3 nitrogen and oxygen atoms in total. The van der Waals surface area contributed by atoms with Crippen LogP contribution >= 0.6 is 12.4 Å². The molecular formula is C20H28ClNO2. The van der Waals surface area contributed by atoms with E-state index < -0.39 is 0 Å². The molecule has 0 aliphatic rings. The molecule has 2 aromatic carbocycles. The maximum atomic E-state index is 5.44. The molecular weight excluding hydrogens is 322 g/mol. The normalized spacial score (nSPS) is 11.7. The van der Waals surface area contributed by atoms with E-state index in [0.29, 0.717) is 6.04 Å². The van der Waals surface area contributed by atoms with Gasteiger partial charge in [0.1, 0.15) is 0 Å². The second-order valence-electron chi connectivity index (χ2n) is 5.97. The molecule has 0 heterocycles. The number of benzene rings is 2. The van der Waals surface area contributed by atoms with Crippen LogP contribution in [0.25, 0.3) is 0 Å². The van der Waals surface area contributed by atoms with Crippen LogP contribution < -0.4 is 9.47 Å². The van der Waals surface area contributed by atoms with E-state index in [-0.39, 0.29) is 12.4 Å². The van der Waals surface area contributed by atoms with E-state index in [4.69, 9.17) is 9.47 Å². The fourth-order valence-electron chi connectivity index (χ4n) is 2.93. The molecule has 0 aliphatic carbocycles. The van der Waals surface area contributed by atoms with Gasteiger partial charge in [-0.25, -0.2) is 0 Å². The first-order chi connectivity index (χ1) is 11.2. The van der Waals surface area contributed by atoms with Crippen LogP contribution in [0.5, 0.6) is 11.5 Å². The van der Waals surface area contributed by atoms with Crippen molar-refractivity contribution >= 4 is 12.4 Å². The maximum Gasteiger partial charge on any atom is 0.161 e. The van der Waals surface area contributed by atoms with Crippen LogP contribution in [-0.4, -0.2) is 33.2 Å². The molecule has 1 unspecified atom stereocenters. The van der Waals surface area contributed by atoms with Crippen LogP contribution in [0.2, 0.25) is 0 Å². The highest BCUT2D eigenvalue weighted by Gasteiger charge is 2.16. The number of hydrogen-bond acceptors (Lipinski definition) is 3. The first-order valence-electron chi connectivity index (χ1n) is 8.08. The second kappa shape index (κ2) is 10.2. The summed E-state index contributed by atoms with van der Waals surface area (Å²) in [6.07, 6.45) is 3.37. The first kappa shape index (κ1) is 20.3. The molecule has 4 heteroatoms. The molecule has 2 aromatic rings. The van der Waals surface area contributed by atoms with Gasteiger partial charge >= 0.3 is 0 Å². The molecule has 0 aromatic heterocycles. The van der Waals surface area contributed by atoms with Gasteiger partial charge in [0.05, 0.1) is 14.2 Å². The van der Waals surface area contributed by atoms with Gasteiger partial charge in [-0.2, -0.15) is 0 Å². The van der Waals surface area contributed by atoms with Gasteiger partial charge in [-0.05, 0) is 56.6 Å². The maximum absolute atomic E-state index is 5.44. The Balaban J connectivity index is 0.00000288. The van der Waals surface area contributed by atoms with Crippen LogP contribution in [0.3, 0.4) is 0 Å². The van der Waals surface area contributed by atoms with Crippen molar-refractivity contribution in [3.05, 3.63) is 59.7 Å². The van der Waals surface area contributed by atoms with Gasteiger partial charge in [0, 0.05) is 6.04 Å². The highest BCUT2D eigenvalue weighted by atomic mass is 35.5. The minimum Gasteiger partial charge on any atom is -0.493 e. The van der Waals surface area contributed by atoms with E-state index in [1.165, 1.54) is 11.1 Å². The molecule has 132 valence electrons. The SMILES string of the molecule is COc1ccc(C(CCCc2ccccc2)N(C)C)cc1OC.Cl. The van der Waals surface area contributed by atoms with Gasteiger partial charge in [0.2, 0.25) is 0 Å². The smallest absolute Gasteiger partial charge is 0.161 e. The van der Waals surface area contributed by atoms with Gasteiger partial charge in [-0.3, -0.25) is 0 Å². The summed E-state index contributed by atoms with van der Waals surface area (Å²) in [6, 6.07) is 17.2. The molecule has 0 spiro atoms. The Morgan fingerprint density at radius 1 is 0.917 bits per heavy atom. The van der Waals surface area contributed by atoms with Crippen LogP contribution in [0.15, 0.2) is 48.5 Å². The molecule has 0 saturated heterocycles. The molecule has 0 radical (unpaired) electrons. The van der Waals surface area contributed by atoms with E-state index in [0.717, 1.165) is 30.8 Å². The van der Waals surface area contributed by atoms with Crippen LogP contribution in [-0.2, 0) is 6.42 Å². The Bertz CT molecular complexity index is 602. The van der Waals surface area contributed by atoms with E-state index in [9.17, 15) is 0 Å². The van der Waals surface area contributed by atoms with Gasteiger partial charge in [0.15, 0.2) is 11.5 Å². The molecule has 24 heavy (non-hydrogen) atoms. The lowest BCUT2D eigenvalue weighted by Gasteiger charge is -2.25. The van der Waals surface area contributed by atoms with Crippen molar-refractivity contribution in [2.75, 3.05) is 28.3 Å². The Kier molecular flexibility index (Phi) is 8.66. The summed E-state index contributed by atoms with van der Waals surface area (Å²) in [5.74, 6) is 1.57. The molecule has 0 bridgehead atoms. The monoisotopic (exact) mass is 349 g/mol. The van der Waals surface area contributed by atoms with Crippen molar-refractivity contribution in [3.63, 3.8) is 0 Å². The molecule has 0 aliphatic heterocycles. The molecule has 0 N–H and O–H groups in total. The number of ether oxygens (including phenoxy) is 2. The summed E-state index contributed by atoms with van der Waals surface area (Å²) in [5.41, 5.74) is 2.66. The number of aryl methyl sites for hydroxylation is 1. The summed E-state index contributed by atoms with van der Waals surface area (Å²) >= 11 is 0. The Labute approximate surface area is 152 Å². The summed E-state index contributed by atoms with van der Waals surface area (Å²) in [6.45, 7) is 0. The summed E-state index contributed by atoms with van der Waals surface area (Å²) in [4.78, 5) is 2.27. The first-order valence-corrected chi connectivity index (χ1v) is 8.08. The number of methoxy groups -OCH3 is 2. The third-order valence-corrected chi connectivity index (χ3v) is 4.20. The zero-order chi connectivity index (χ0) is 16.7. The summed E-state index contributed by atoms with van der Waals surface area (Å²) in [7, 11) is 7.61. The van der Waals surface area contributed by atoms with E-state index >= 15 is 0 Å². The minimum absolute atomic E-state index is 0. The zero-order valence-electron chi connectivity index (χ0n) is 15.0.